The SMILES string of the molecule is Clc1c2c(cc3ccccc13)-c1ccccc1C(c1ccc(-c3nc(-c4ccccc4)nc(-c4cccc(-c5ccccc5)c4)n3)cc1)CC2. The van der Waals surface area contributed by atoms with E-state index in [1.807, 2.05) is 36.4 Å². The Morgan fingerprint density at radius 3 is 1.80 bits per heavy atom. The molecule has 7 aromatic carbocycles. The highest BCUT2D eigenvalue weighted by Gasteiger charge is 2.26. The van der Waals surface area contributed by atoms with Crippen LogP contribution in [0.4, 0.5) is 0 Å². The number of nitrogens with zero attached hydrogens (tertiary/aromatic N) is 3. The van der Waals surface area contributed by atoms with E-state index in [9.17, 15) is 0 Å². The molecule has 0 spiro atoms. The van der Waals surface area contributed by atoms with Crippen molar-refractivity contribution in [2.45, 2.75) is 18.8 Å². The van der Waals surface area contributed by atoms with E-state index in [4.69, 9.17) is 26.6 Å². The van der Waals surface area contributed by atoms with E-state index in [0.717, 1.165) is 51.1 Å². The molecule has 1 atom stereocenters. The number of hydrogen-bond acceptors (Lipinski definition) is 3. The lowest BCUT2D eigenvalue weighted by atomic mass is 9.85. The average molecular weight is 662 g/mol. The molecule has 1 aliphatic carbocycles. The van der Waals surface area contributed by atoms with Gasteiger partial charge in [-0.15, -0.1) is 0 Å². The summed E-state index contributed by atoms with van der Waals surface area (Å²) in [5.74, 6) is 2.17. The number of benzene rings is 7. The minimum absolute atomic E-state index is 0.223. The lowest BCUT2D eigenvalue weighted by molar-refractivity contribution is 0.726. The summed E-state index contributed by atoms with van der Waals surface area (Å²) in [6, 6.07) is 57.3. The van der Waals surface area contributed by atoms with Gasteiger partial charge in [-0.25, -0.2) is 15.0 Å². The lowest BCUT2D eigenvalue weighted by Crippen LogP contribution is -2.03. The zero-order chi connectivity index (χ0) is 33.4. The average Bonchev–Trinajstić information content (AvgIpc) is 3.36. The Balaban J connectivity index is 1.11. The molecule has 0 saturated heterocycles. The molecule has 0 N–H and O–H groups in total. The summed E-state index contributed by atoms with van der Waals surface area (Å²) in [5.41, 5.74) is 11.5. The molecule has 8 aromatic rings. The highest BCUT2D eigenvalue weighted by molar-refractivity contribution is 6.37. The molecule has 1 aromatic heterocycles. The smallest absolute Gasteiger partial charge is 0.164 e. The molecule has 1 aliphatic rings. The van der Waals surface area contributed by atoms with Gasteiger partial charge in [0.2, 0.25) is 0 Å². The summed E-state index contributed by atoms with van der Waals surface area (Å²) in [7, 11) is 0. The Bertz CT molecular complexity index is 2490. The molecule has 4 heteroatoms. The first-order chi connectivity index (χ1) is 24.7. The summed E-state index contributed by atoms with van der Waals surface area (Å²) >= 11 is 7.12. The zero-order valence-electron chi connectivity index (χ0n) is 27.3. The van der Waals surface area contributed by atoms with Crippen LogP contribution in [-0.4, -0.2) is 15.0 Å². The molecular weight excluding hydrogens is 630 g/mol. The molecule has 50 heavy (non-hydrogen) atoms. The predicted molar refractivity (Wildman–Crippen MR) is 206 cm³/mol. The second-order valence-corrected chi connectivity index (χ2v) is 13.2. The van der Waals surface area contributed by atoms with Crippen LogP contribution in [0, 0.1) is 0 Å². The third-order valence-electron chi connectivity index (χ3n) is 9.86. The van der Waals surface area contributed by atoms with Crippen molar-refractivity contribution in [2.75, 3.05) is 0 Å². The van der Waals surface area contributed by atoms with Gasteiger partial charge in [0.25, 0.3) is 0 Å². The predicted octanol–water partition coefficient (Wildman–Crippen LogP) is 12.1. The number of hydrogen-bond donors (Lipinski definition) is 0. The topological polar surface area (TPSA) is 38.7 Å². The van der Waals surface area contributed by atoms with E-state index < -0.39 is 0 Å². The van der Waals surface area contributed by atoms with Gasteiger partial charge in [-0.3, -0.25) is 0 Å². The highest BCUT2D eigenvalue weighted by Crippen LogP contribution is 2.45. The Morgan fingerprint density at radius 2 is 1.04 bits per heavy atom. The number of aromatic nitrogens is 3. The maximum Gasteiger partial charge on any atom is 0.164 e. The van der Waals surface area contributed by atoms with Crippen molar-refractivity contribution in [1.82, 2.24) is 15.0 Å². The summed E-state index contributed by atoms with van der Waals surface area (Å²) in [6.07, 6.45) is 1.87. The molecule has 0 radical (unpaired) electrons. The Morgan fingerprint density at radius 1 is 0.460 bits per heavy atom. The maximum atomic E-state index is 7.12. The molecule has 1 unspecified atom stereocenters. The molecule has 238 valence electrons. The van der Waals surface area contributed by atoms with Crippen LogP contribution in [0.5, 0.6) is 0 Å². The number of fused-ring (bicyclic) bond motifs is 4. The largest absolute Gasteiger partial charge is 0.208 e. The van der Waals surface area contributed by atoms with Crippen molar-refractivity contribution in [3.63, 3.8) is 0 Å². The molecule has 1 heterocycles. The molecular formula is C46H32ClN3. The fourth-order valence-corrected chi connectivity index (χ4v) is 7.72. The molecule has 0 saturated carbocycles. The molecule has 0 amide bonds. The minimum atomic E-state index is 0.223. The van der Waals surface area contributed by atoms with Crippen LogP contribution in [0.1, 0.15) is 29.0 Å². The fourth-order valence-electron chi connectivity index (χ4n) is 7.35. The zero-order valence-corrected chi connectivity index (χ0v) is 28.1. The van der Waals surface area contributed by atoms with Crippen molar-refractivity contribution >= 4 is 22.4 Å². The summed E-state index contributed by atoms with van der Waals surface area (Å²) in [4.78, 5) is 15.0. The van der Waals surface area contributed by atoms with Gasteiger partial charge >= 0.3 is 0 Å². The van der Waals surface area contributed by atoms with Crippen LogP contribution >= 0.6 is 11.6 Å². The quantitative estimate of drug-likeness (QED) is 0.184. The van der Waals surface area contributed by atoms with Crippen molar-refractivity contribution < 1.29 is 0 Å². The van der Waals surface area contributed by atoms with Crippen LogP contribution in [-0.2, 0) is 6.42 Å². The Hall–Kier alpha value is -5.90. The van der Waals surface area contributed by atoms with Crippen LogP contribution in [0.2, 0.25) is 5.02 Å². The van der Waals surface area contributed by atoms with Gasteiger partial charge < -0.3 is 0 Å². The molecule has 0 aliphatic heterocycles. The van der Waals surface area contributed by atoms with Gasteiger partial charge in [0, 0.05) is 28.0 Å². The van der Waals surface area contributed by atoms with E-state index >= 15 is 0 Å². The van der Waals surface area contributed by atoms with Gasteiger partial charge in [-0.1, -0.05) is 163 Å². The second kappa shape index (κ2) is 12.9. The summed E-state index contributed by atoms with van der Waals surface area (Å²) in [6.45, 7) is 0. The van der Waals surface area contributed by atoms with Gasteiger partial charge in [-0.05, 0) is 69.3 Å². The van der Waals surface area contributed by atoms with E-state index in [0.29, 0.717) is 17.5 Å². The van der Waals surface area contributed by atoms with Crippen molar-refractivity contribution in [2.24, 2.45) is 0 Å². The van der Waals surface area contributed by atoms with Crippen LogP contribution in [0.15, 0.2) is 164 Å². The monoisotopic (exact) mass is 661 g/mol. The highest BCUT2D eigenvalue weighted by atomic mass is 35.5. The third kappa shape index (κ3) is 5.56. The molecule has 0 bridgehead atoms. The maximum absolute atomic E-state index is 7.12. The molecule has 9 rings (SSSR count). The standard InChI is InChI=1S/C46H32ClN3/c47-43-38-19-8-7-16-35(38)29-42-40-21-10-9-20-39(40)37(26-27-41(42)43)31-22-24-33(25-23-31)45-48-44(32-14-5-2-6-15-32)49-46(50-45)36-18-11-17-34(28-36)30-12-3-1-4-13-30/h1-25,28-29,37H,26-27H2. The van der Waals surface area contributed by atoms with E-state index in [2.05, 4.69) is 127 Å². The summed E-state index contributed by atoms with van der Waals surface area (Å²) in [5, 5.41) is 3.16. The van der Waals surface area contributed by atoms with Gasteiger partial charge in [0.05, 0.1) is 5.02 Å². The summed E-state index contributed by atoms with van der Waals surface area (Å²) < 4.78 is 0. The first-order valence-corrected chi connectivity index (χ1v) is 17.4. The number of rotatable bonds is 5. The van der Waals surface area contributed by atoms with E-state index in [-0.39, 0.29) is 5.92 Å². The normalized spacial score (nSPS) is 13.7. The first-order valence-electron chi connectivity index (χ1n) is 17.1. The van der Waals surface area contributed by atoms with Gasteiger partial charge in [0.1, 0.15) is 0 Å². The molecule has 3 nitrogen and oxygen atoms in total. The second-order valence-electron chi connectivity index (χ2n) is 12.9. The first kappa shape index (κ1) is 30.2. The van der Waals surface area contributed by atoms with Crippen molar-refractivity contribution in [3.05, 3.63) is 186 Å². The Labute approximate surface area is 297 Å². The Kier molecular flexibility index (Phi) is 7.76. The van der Waals surface area contributed by atoms with Crippen LogP contribution < -0.4 is 0 Å². The van der Waals surface area contributed by atoms with E-state index in [1.54, 1.807) is 0 Å². The number of halogens is 1. The lowest BCUT2D eigenvalue weighted by Gasteiger charge is -2.19. The van der Waals surface area contributed by atoms with Gasteiger partial charge in [-0.2, -0.15) is 0 Å². The minimum Gasteiger partial charge on any atom is -0.208 e. The van der Waals surface area contributed by atoms with E-state index in [1.165, 1.54) is 33.2 Å². The third-order valence-corrected chi connectivity index (χ3v) is 10.3. The fraction of sp³-hybridized carbons (Fsp3) is 0.0652. The van der Waals surface area contributed by atoms with Crippen molar-refractivity contribution in [1.29, 1.82) is 0 Å². The van der Waals surface area contributed by atoms with Crippen LogP contribution in [0.3, 0.4) is 0 Å². The van der Waals surface area contributed by atoms with Gasteiger partial charge in [0.15, 0.2) is 17.5 Å². The van der Waals surface area contributed by atoms with Crippen LogP contribution in [0.25, 0.3) is 67.2 Å². The molecule has 0 fully saturated rings. The van der Waals surface area contributed by atoms with Crippen molar-refractivity contribution in [3.8, 4) is 56.4 Å².